The predicted molar refractivity (Wildman–Crippen MR) is 106 cm³/mol. The second kappa shape index (κ2) is 10.6. The van der Waals surface area contributed by atoms with E-state index in [4.69, 9.17) is 11.6 Å². The number of benzene rings is 1. The van der Waals surface area contributed by atoms with Crippen molar-refractivity contribution in [2.75, 3.05) is 0 Å². The molecule has 0 fully saturated rings. The minimum Gasteiger partial charge on any atom is -0.261 e. The highest BCUT2D eigenvalue weighted by Crippen LogP contribution is 2.15. The molecule has 0 N–H and O–H groups in total. The van der Waals surface area contributed by atoms with E-state index >= 15 is 0 Å². The molecular formula is C21H26ClN3. The highest BCUT2D eigenvalue weighted by molar-refractivity contribution is 6.31. The van der Waals surface area contributed by atoms with Crippen LogP contribution in [0.3, 0.4) is 0 Å². The van der Waals surface area contributed by atoms with E-state index in [0.717, 1.165) is 27.7 Å². The van der Waals surface area contributed by atoms with Crippen molar-refractivity contribution in [3.63, 3.8) is 0 Å². The molecular weight excluding hydrogens is 330 g/mol. The average Bonchev–Trinajstić information content (AvgIpc) is 2.58. The molecule has 2 heterocycles. The minimum absolute atomic E-state index is 0.829. The third kappa shape index (κ3) is 8.96. The summed E-state index contributed by atoms with van der Waals surface area (Å²) in [5, 5.41) is 0.856. The van der Waals surface area contributed by atoms with Crippen LogP contribution in [0.1, 0.15) is 33.8 Å². The Morgan fingerprint density at radius 1 is 0.640 bits per heavy atom. The molecule has 3 aromatic rings. The van der Waals surface area contributed by atoms with Gasteiger partial charge in [0, 0.05) is 29.3 Å². The molecule has 132 valence electrons. The Morgan fingerprint density at radius 2 is 1.20 bits per heavy atom. The molecule has 0 radical (unpaired) electrons. The van der Waals surface area contributed by atoms with Gasteiger partial charge in [-0.05, 0) is 75.9 Å². The Balaban J connectivity index is 0.000000188. The molecule has 3 nitrogen and oxygen atoms in total. The average molecular weight is 356 g/mol. The summed E-state index contributed by atoms with van der Waals surface area (Å²) in [5.74, 6) is 0.829. The van der Waals surface area contributed by atoms with Gasteiger partial charge in [0.2, 0.25) is 0 Å². The van der Waals surface area contributed by atoms with Gasteiger partial charge in [0.25, 0.3) is 0 Å². The first-order chi connectivity index (χ1) is 11.8. The quantitative estimate of drug-likeness (QED) is 0.515. The largest absolute Gasteiger partial charge is 0.261 e. The highest BCUT2D eigenvalue weighted by atomic mass is 35.5. The van der Waals surface area contributed by atoms with E-state index < -0.39 is 0 Å². The van der Waals surface area contributed by atoms with Gasteiger partial charge in [0.05, 0.1) is 0 Å². The number of aryl methyl sites for hydroxylation is 6. The van der Waals surface area contributed by atoms with Crippen LogP contribution in [0.5, 0.6) is 0 Å². The number of pyridine rings is 1. The highest BCUT2D eigenvalue weighted by Gasteiger charge is 1.91. The fraction of sp³-hybridized carbons (Fsp3) is 0.286. The van der Waals surface area contributed by atoms with E-state index in [1.165, 1.54) is 11.1 Å². The van der Waals surface area contributed by atoms with Crippen molar-refractivity contribution in [1.29, 1.82) is 0 Å². The van der Waals surface area contributed by atoms with Crippen LogP contribution in [-0.4, -0.2) is 15.0 Å². The fourth-order valence-corrected chi connectivity index (χ4v) is 1.93. The lowest BCUT2D eigenvalue weighted by Crippen LogP contribution is -1.84. The summed E-state index contributed by atoms with van der Waals surface area (Å²) in [5.41, 5.74) is 5.76. The SMILES string of the molecule is Cc1ccc(C)c(Cl)c1.Cc1ccc(C)nc1.Cc1cnc(C)nc1. The zero-order chi connectivity index (χ0) is 18.8. The van der Waals surface area contributed by atoms with Crippen molar-refractivity contribution in [3.05, 3.63) is 87.7 Å². The van der Waals surface area contributed by atoms with Gasteiger partial charge in [-0.3, -0.25) is 4.98 Å². The van der Waals surface area contributed by atoms with Crippen molar-refractivity contribution in [3.8, 4) is 0 Å². The molecule has 0 saturated heterocycles. The number of rotatable bonds is 0. The lowest BCUT2D eigenvalue weighted by atomic mass is 10.2. The van der Waals surface area contributed by atoms with Gasteiger partial charge in [-0.2, -0.15) is 0 Å². The minimum atomic E-state index is 0.829. The zero-order valence-corrected chi connectivity index (χ0v) is 16.6. The van der Waals surface area contributed by atoms with Crippen molar-refractivity contribution in [2.24, 2.45) is 0 Å². The van der Waals surface area contributed by atoms with Crippen LogP contribution >= 0.6 is 11.6 Å². The molecule has 25 heavy (non-hydrogen) atoms. The summed E-state index contributed by atoms with van der Waals surface area (Å²) in [7, 11) is 0. The molecule has 0 spiro atoms. The Hall–Kier alpha value is -2.26. The molecule has 0 aliphatic heterocycles. The number of nitrogens with zero attached hydrogens (tertiary/aromatic N) is 3. The molecule has 2 aromatic heterocycles. The standard InChI is InChI=1S/C8H9Cl.C7H9N.C6H8N2/c1-6-3-4-7(2)8(9)5-6;1-6-3-4-7(2)8-5-6;1-5-3-7-6(2)8-4-5/h3-5H,1-2H3;3-5H,1-2H3;3-4H,1-2H3. The number of hydrogen-bond acceptors (Lipinski definition) is 3. The maximum atomic E-state index is 5.81. The van der Waals surface area contributed by atoms with Crippen LogP contribution in [0.25, 0.3) is 0 Å². The Bertz CT molecular complexity index is 681. The molecule has 0 amide bonds. The Kier molecular flexibility index (Phi) is 8.79. The molecule has 0 atom stereocenters. The molecule has 0 saturated carbocycles. The Morgan fingerprint density at radius 3 is 1.60 bits per heavy atom. The van der Waals surface area contributed by atoms with E-state index in [2.05, 4.69) is 27.1 Å². The third-order valence-corrected chi connectivity index (χ3v) is 3.70. The van der Waals surface area contributed by atoms with Crippen LogP contribution < -0.4 is 0 Å². The maximum absolute atomic E-state index is 5.81. The predicted octanol–water partition coefficient (Wildman–Crippen LogP) is 5.75. The van der Waals surface area contributed by atoms with Crippen LogP contribution in [-0.2, 0) is 0 Å². The smallest absolute Gasteiger partial charge is 0.125 e. The van der Waals surface area contributed by atoms with Gasteiger partial charge in [0.15, 0.2) is 0 Å². The van der Waals surface area contributed by atoms with Crippen molar-refractivity contribution >= 4 is 11.6 Å². The summed E-state index contributed by atoms with van der Waals surface area (Å²) < 4.78 is 0. The van der Waals surface area contributed by atoms with Crippen molar-refractivity contribution in [2.45, 2.75) is 41.5 Å². The molecule has 0 unspecified atom stereocenters. The van der Waals surface area contributed by atoms with Gasteiger partial charge < -0.3 is 0 Å². The Labute approximate surface area is 156 Å². The summed E-state index contributed by atoms with van der Waals surface area (Å²) >= 11 is 5.81. The number of halogens is 1. The normalized spacial score (nSPS) is 9.40. The first kappa shape index (κ1) is 20.8. The monoisotopic (exact) mass is 355 g/mol. The summed E-state index contributed by atoms with van der Waals surface area (Å²) in [6.45, 7) is 11.9. The van der Waals surface area contributed by atoms with E-state index in [1.807, 2.05) is 78.3 Å². The second-order valence-electron chi connectivity index (χ2n) is 6.04. The van der Waals surface area contributed by atoms with E-state index in [-0.39, 0.29) is 0 Å². The van der Waals surface area contributed by atoms with E-state index in [1.54, 1.807) is 0 Å². The lowest BCUT2D eigenvalue weighted by molar-refractivity contribution is 1.03. The first-order valence-corrected chi connectivity index (χ1v) is 8.53. The topological polar surface area (TPSA) is 38.7 Å². The van der Waals surface area contributed by atoms with Gasteiger partial charge in [-0.25, -0.2) is 9.97 Å². The van der Waals surface area contributed by atoms with Gasteiger partial charge >= 0.3 is 0 Å². The summed E-state index contributed by atoms with van der Waals surface area (Å²) in [4.78, 5) is 12.0. The molecule has 0 bridgehead atoms. The molecule has 3 rings (SSSR count). The lowest BCUT2D eigenvalue weighted by Gasteiger charge is -1.96. The first-order valence-electron chi connectivity index (χ1n) is 8.15. The van der Waals surface area contributed by atoms with Gasteiger partial charge in [-0.1, -0.05) is 29.8 Å². The molecule has 4 heteroatoms. The third-order valence-electron chi connectivity index (χ3n) is 3.30. The summed E-state index contributed by atoms with van der Waals surface area (Å²) in [6.07, 6.45) is 5.49. The van der Waals surface area contributed by atoms with Gasteiger partial charge in [0.1, 0.15) is 5.82 Å². The maximum Gasteiger partial charge on any atom is 0.125 e. The fourth-order valence-electron chi connectivity index (χ4n) is 1.70. The van der Waals surface area contributed by atoms with Crippen molar-refractivity contribution in [1.82, 2.24) is 15.0 Å². The van der Waals surface area contributed by atoms with Crippen LogP contribution in [0, 0.1) is 41.5 Å². The van der Waals surface area contributed by atoms with E-state index in [9.17, 15) is 0 Å². The van der Waals surface area contributed by atoms with Crippen LogP contribution in [0.15, 0.2) is 48.9 Å². The molecule has 0 aliphatic carbocycles. The number of hydrogen-bond donors (Lipinski definition) is 0. The zero-order valence-electron chi connectivity index (χ0n) is 15.8. The van der Waals surface area contributed by atoms with Crippen LogP contribution in [0.2, 0.25) is 5.02 Å². The summed E-state index contributed by atoms with van der Waals surface area (Å²) in [6, 6.07) is 10.1. The second-order valence-corrected chi connectivity index (χ2v) is 6.44. The van der Waals surface area contributed by atoms with E-state index in [0.29, 0.717) is 0 Å². The van der Waals surface area contributed by atoms with Crippen molar-refractivity contribution < 1.29 is 0 Å². The number of aromatic nitrogens is 3. The van der Waals surface area contributed by atoms with Crippen LogP contribution in [0.4, 0.5) is 0 Å². The van der Waals surface area contributed by atoms with Gasteiger partial charge in [-0.15, -0.1) is 0 Å². The molecule has 0 aliphatic rings. The molecule has 1 aromatic carbocycles.